The molecule has 0 aliphatic rings. The normalized spacial score (nSPS) is 9.31. The molecule has 0 saturated heterocycles. The lowest BCUT2D eigenvalue weighted by Gasteiger charge is -2.02. The third-order valence-corrected chi connectivity index (χ3v) is 1.73. The van der Waals surface area contributed by atoms with Crippen molar-refractivity contribution in [1.29, 1.82) is 0 Å². The molecular formula is C8H16N2O2S. The Balaban J connectivity index is 3.08. The first-order valence-corrected chi connectivity index (χ1v) is 4.67. The lowest BCUT2D eigenvalue weighted by molar-refractivity contribution is -0.140. The third-order valence-electron chi connectivity index (χ3n) is 1.58. The lowest BCUT2D eigenvalue weighted by Crippen LogP contribution is -2.29. The molecule has 0 heterocycles. The summed E-state index contributed by atoms with van der Waals surface area (Å²) >= 11 is 4.63. The summed E-state index contributed by atoms with van der Waals surface area (Å²) in [4.78, 5) is 10.7. The van der Waals surface area contributed by atoms with E-state index in [1.54, 1.807) is 0 Å². The highest BCUT2D eigenvalue weighted by Crippen LogP contribution is 1.99. The van der Waals surface area contributed by atoms with Crippen molar-refractivity contribution in [3.63, 3.8) is 0 Å². The van der Waals surface area contributed by atoms with Gasteiger partial charge in [-0.1, -0.05) is 6.42 Å². The number of thiocarbonyl (C=S) groups is 1. The molecule has 0 saturated carbocycles. The molecule has 13 heavy (non-hydrogen) atoms. The van der Waals surface area contributed by atoms with Crippen molar-refractivity contribution in [1.82, 2.24) is 5.32 Å². The third kappa shape index (κ3) is 9.07. The van der Waals surface area contributed by atoms with Gasteiger partial charge >= 0.3 is 5.97 Å². The maximum absolute atomic E-state index is 10.7. The van der Waals surface area contributed by atoms with E-state index < -0.39 is 0 Å². The fourth-order valence-corrected chi connectivity index (χ4v) is 0.987. The van der Waals surface area contributed by atoms with E-state index in [1.807, 2.05) is 0 Å². The Bertz CT molecular complexity index is 174. The number of unbranched alkanes of at least 4 members (excludes halogenated alkanes) is 2. The second-order valence-corrected chi connectivity index (χ2v) is 3.12. The molecule has 76 valence electrons. The molecule has 0 amide bonds. The molecule has 0 spiro atoms. The van der Waals surface area contributed by atoms with Gasteiger partial charge in [-0.2, -0.15) is 0 Å². The first-order chi connectivity index (χ1) is 6.16. The van der Waals surface area contributed by atoms with E-state index in [1.165, 1.54) is 7.11 Å². The molecule has 0 aromatic rings. The van der Waals surface area contributed by atoms with Crippen LogP contribution in [0, 0.1) is 0 Å². The molecule has 0 fully saturated rings. The quantitative estimate of drug-likeness (QED) is 0.376. The predicted octanol–water partition coefficient (Wildman–Crippen LogP) is 0.553. The minimum Gasteiger partial charge on any atom is -0.469 e. The number of methoxy groups -OCH3 is 1. The SMILES string of the molecule is COC(=O)CCCCCNC(N)=S. The minimum atomic E-state index is -0.151. The monoisotopic (exact) mass is 204 g/mol. The molecule has 4 nitrogen and oxygen atoms in total. The summed E-state index contributed by atoms with van der Waals surface area (Å²) in [6.45, 7) is 0.774. The fourth-order valence-electron chi connectivity index (χ4n) is 0.885. The Labute approximate surface area is 83.8 Å². The van der Waals surface area contributed by atoms with Crippen LogP contribution >= 0.6 is 12.2 Å². The first kappa shape index (κ1) is 12.2. The Morgan fingerprint density at radius 1 is 1.46 bits per heavy atom. The number of hydrogen-bond acceptors (Lipinski definition) is 3. The molecular weight excluding hydrogens is 188 g/mol. The van der Waals surface area contributed by atoms with Gasteiger partial charge in [0, 0.05) is 13.0 Å². The molecule has 0 aromatic heterocycles. The lowest BCUT2D eigenvalue weighted by atomic mass is 10.2. The standard InChI is InChI=1S/C8H16N2O2S/c1-12-7(11)5-3-2-4-6-10-8(9)13/h2-6H2,1H3,(H3,9,10,13). The van der Waals surface area contributed by atoms with Gasteiger partial charge in [-0.05, 0) is 25.1 Å². The highest BCUT2D eigenvalue weighted by Gasteiger charge is 1.98. The van der Waals surface area contributed by atoms with Gasteiger partial charge in [0.2, 0.25) is 0 Å². The number of nitrogens with two attached hydrogens (primary N) is 1. The zero-order valence-corrected chi connectivity index (χ0v) is 8.65. The summed E-state index contributed by atoms with van der Waals surface area (Å²) in [6, 6.07) is 0. The van der Waals surface area contributed by atoms with E-state index in [4.69, 9.17) is 5.73 Å². The summed E-state index contributed by atoms with van der Waals surface area (Å²) in [7, 11) is 1.40. The first-order valence-electron chi connectivity index (χ1n) is 4.27. The summed E-state index contributed by atoms with van der Waals surface area (Å²) in [5.41, 5.74) is 5.22. The summed E-state index contributed by atoms with van der Waals surface area (Å²) in [6.07, 6.45) is 3.29. The molecule has 0 radical (unpaired) electrons. The van der Waals surface area contributed by atoms with Gasteiger partial charge < -0.3 is 15.8 Å². The second-order valence-electron chi connectivity index (χ2n) is 2.68. The van der Waals surface area contributed by atoms with E-state index in [-0.39, 0.29) is 5.97 Å². The number of ether oxygens (including phenoxy) is 1. The fraction of sp³-hybridized carbons (Fsp3) is 0.750. The highest BCUT2D eigenvalue weighted by atomic mass is 32.1. The number of nitrogens with one attached hydrogen (secondary N) is 1. The van der Waals surface area contributed by atoms with E-state index in [0.29, 0.717) is 11.5 Å². The van der Waals surface area contributed by atoms with Gasteiger partial charge in [0.15, 0.2) is 5.11 Å². The largest absolute Gasteiger partial charge is 0.469 e. The van der Waals surface area contributed by atoms with E-state index in [0.717, 1.165) is 25.8 Å². The van der Waals surface area contributed by atoms with Crippen LogP contribution < -0.4 is 11.1 Å². The van der Waals surface area contributed by atoms with Crippen LogP contribution in [0.1, 0.15) is 25.7 Å². The van der Waals surface area contributed by atoms with Crippen molar-refractivity contribution in [2.75, 3.05) is 13.7 Å². The van der Waals surface area contributed by atoms with Crippen LogP contribution in [0.5, 0.6) is 0 Å². The molecule has 3 N–H and O–H groups in total. The zero-order valence-electron chi connectivity index (χ0n) is 7.84. The van der Waals surface area contributed by atoms with Crippen molar-refractivity contribution in [3.05, 3.63) is 0 Å². The molecule has 0 rings (SSSR count). The van der Waals surface area contributed by atoms with Crippen LogP contribution in [0.2, 0.25) is 0 Å². The van der Waals surface area contributed by atoms with Crippen LogP contribution in [0.4, 0.5) is 0 Å². The predicted molar refractivity (Wildman–Crippen MR) is 55.3 cm³/mol. The number of hydrogen-bond donors (Lipinski definition) is 2. The van der Waals surface area contributed by atoms with Crippen LogP contribution in [0.3, 0.4) is 0 Å². The molecule has 0 unspecified atom stereocenters. The maximum atomic E-state index is 10.7. The Hall–Kier alpha value is -0.840. The van der Waals surface area contributed by atoms with Crippen molar-refractivity contribution in [2.24, 2.45) is 5.73 Å². The van der Waals surface area contributed by atoms with Gasteiger partial charge in [0.25, 0.3) is 0 Å². The van der Waals surface area contributed by atoms with Crippen LogP contribution in [-0.4, -0.2) is 24.7 Å². The summed E-state index contributed by atoms with van der Waals surface area (Å²) in [5, 5.41) is 3.17. The molecule has 0 aromatic carbocycles. The van der Waals surface area contributed by atoms with E-state index in [9.17, 15) is 4.79 Å². The maximum Gasteiger partial charge on any atom is 0.305 e. The second kappa shape index (κ2) is 7.79. The number of rotatable bonds is 6. The average molecular weight is 204 g/mol. The van der Waals surface area contributed by atoms with Gasteiger partial charge in [0.1, 0.15) is 0 Å². The smallest absolute Gasteiger partial charge is 0.305 e. The molecule has 0 atom stereocenters. The molecule has 0 bridgehead atoms. The van der Waals surface area contributed by atoms with E-state index >= 15 is 0 Å². The van der Waals surface area contributed by atoms with E-state index in [2.05, 4.69) is 22.3 Å². The van der Waals surface area contributed by atoms with Crippen LogP contribution in [0.25, 0.3) is 0 Å². The van der Waals surface area contributed by atoms with Crippen molar-refractivity contribution in [2.45, 2.75) is 25.7 Å². The van der Waals surface area contributed by atoms with Gasteiger partial charge in [-0.15, -0.1) is 0 Å². The molecule has 5 heteroatoms. The average Bonchev–Trinajstić information content (AvgIpc) is 2.10. The Morgan fingerprint density at radius 3 is 2.69 bits per heavy atom. The topological polar surface area (TPSA) is 64.3 Å². The molecule has 0 aliphatic carbocycles. The van der Waals surface area contributed by atoms with Crippen molar-refractivity contribution < 1.29 is 9.53 Å². The Kier molecular flexibility index (Phi) is 7.29. The minimum absolute atomic E-state index is 0.151. The number of carbonyl (C=O) groups is 1. The van der Waals surface area contributed by atoms with Crippen molar-refractivity contribution in [3.8, 4) is 0 Å². The number of esters is 1. The van der Waals surface area contributed by atoms with Gasteiger partial charge in [-0.3, -0.25) is 4.79 Å². The zero-order chi connectivity index (χ0) is 10.1. The molecule has 0 aliphatic heterocycles. The summed E-state index contributed by atoms with van der Waals surface area (Å²) < 4.78 is 4.50. The van der Waals surface area contributed by atoms with Crippen LogP contribution in [-0.2, 0) is 9.53 Å². The summed E-state index contributed by atoms with van der Waals surface area (Å²) in [5.74, 6) is -0.151. The van der Waals surface area contributed by atoms with Crippen molar-refractivity contribution >= 4 is 23.3 Å². The highest BCUT2D eigenvalue weighted by molar-refractivity contribution is 7.80. The van der Waals surface area contributed by atoms with Gasteiger partial charge in [0.05, 0.1) is 7.11 Å². The Morgan fingerprint density at radius 2 is 2.15 bits per heavy atom. The number of carbonyl (C=O) groups excluding carboxylic acids is 1. The van der Waals surface area contributed by atoms with Crippen LogP contribution in [0.15, 0.2) is 0 Å². The van der Waals surface area contributed by atoms with Gasteiger partial charge in [-0.25, -0.2) is 0 Å².